The maximum absolute atomic E-state index is 9.52. The first-order chi connectivity index (χ1) is 12.7. The van der Waals surface area contributed by atoms with Gasteiger partial charge in [-0.25, -0.2) is 19.4 Å². The smallest absolute Gasteiger partial charge is 0.179 e. The Labute approximate surface area is 160 Å². The summed E-state index contributed by atoms with van der Waals surface area (Å²) < 4.78 is 1.70. The van der Waals surface area contributed by atoms with Gasteiger partial charge in [0.15, 0.2) is 5.82 Å². The standard InChI is InChI=1S/C20H25N5O2/c1-6-26-27-11-18-23-14-25(24-18)10-15-7-16(19(2,3)12-21)9-17(8-15)20(4,5)13-22/h7-9,14H,6,10-11H2,1-5H3. The van der Waals surface area contributed by atoms with Crippen molar-refractivity contribution in [3.05, 3.63) is 47.0 Å². The molecule has 142 valence electrons. The number of hydrogen-bond donors (Lipinski definition) is 0. The summed E-state index contributed by atoms with van der Waals surface area (Å²) in [5, 5.41) is 23.4. The van der Waals surface area contributed by atoms with Gasteiger partial charge in [-0.1, -0.05) is 18.2 Å². The molecule has 0 radical (unpaired) electrons. The third-order valence-electron chi connectivity index (χ3n) is 4.31. The van der Waals surface area contributed by atoms with Crippen molar-refractivity contribution in [3.8, 4) is 12.1 Å². The van der Waals surface area contributed by atoms with Gasteiger partial charge in [0, 0.05) is 0 Å². The first-order valence-corrected chi connectivity index (χ1v) is 8.82. The van der Waals surface area contributed by atoms with E-state index in [0.29, 0.717) is 19.0 Å². The molecular weight excluding hydrogens is 342 g/mol. The third-order valence-corrected chi connectivity index (χ3v) is 4.31. The fourth-order valence-electron chi connectivity index (χ4n) is 2.47. The molecule has 0 saturated carbocycles. The van der Waals surface area contributed by atoms with Crippen LogP contribution >= 0.6 is 0 Å². The van der Waals surface area contributed by atoms with E-state index in [4.69, 9.17) is 9.78 Å². The number of benzene rings is 1. The van der Waals surface area contributed by atoms with E-state index in [-0.39, 0.29) is 6.61 Å². The zero-order chi connectivity index (χ0) is 20.1. The first-order valence-electron chi connectivity index (χ1n) is 8.82. The van der Waals surface area contributed by atoms with E-state index in [1.807, 2.05) is 52.8 Å². The summed E-state index contributed by atoms with van der Waals surface area (Å²) in [7, 11) is 0. The van der Waals surface area contributed by atoms with Gasteiger partial charge in [0.05, 0.1) is 36.1 Å². The molecular formula is C20H25N5O2. The van der Waals surface area contributed by atoms with Crippen molar-refractivity contribution >= 4 is 0 Å². The minimum Gasteiger partial charge on any atom is -0.248 e. The molecule has 0 aliphatic rings. The fourth-order valence-corrected chi connectivity index (χ4v) is 2.47. The van der Waals surface area contributed by atoms with Crippen LogP contribution in [0.15, 0.2) is 24.5 Å². The van der Waals surface area contributed by atoms with Crippen LogP contribution in [0.25, 0.3) is 0 Å². The second-order valence-electron chi connectivity index (χ2n) is 7.42. The van der Waals surface area contributed by atoms with Gasteiger partial charge >= 0.3 is 0 Å². The van der Waals surface area contributed by atoms with Gasteiger partial charge in [-0.05, 0) is 51.3 Å². The molecule has 0 N–H and O–H groups in total. The fraction of sp³-hybridized carbons (Fsp3) is 0.500. The Kier molecular flexibility index (Phi) is 6.32. The van der Waals surface area contributed by atoms with Gasteiger partial charge in [0.2, 0.25) is 0 Å². The van der Waals surface area contributed by atoms with Crippen LogP contribution in [0.3, 0.4) is 0 Å². The van der Waals surface area contributed by atoms with Gasteiger partial charge in [0.1, 0.15) is 12.9 Å². The van der Waals surface area contributed by atoms with Gasteiger partial charge in [-0.3, -0.25) is 0 Å². The molecule has 27 heavy (non-hydrogen) atoms. The number of hydrogen-bond acceptors (Lipinski definition) is 6. The molecule has 0 aliphatic carbocycles. The lowest BCUT2D eigenvalue weighted by Gasteiger charge is -2.23. The van der Waals surface area contributed by atoms with E-state index in [9.17, 15) is 10.5 Å². The Morgan fingerprint density at radius 2 is 1.59 bits per heavy atom. The van der Waals surface area contributed by atoms with E-state index in [1.54, 1.807) is 11.0 Å². The lowest BCUT2D eigenvalue weighted by atomic mass is 9.79. The monoisotopic (exact) mass is 367 g/mol. The summed E-state index contributed by atoms with van der Waals surface area (Å²) in [5.41, 5.74) is 1.39. The van der Waals surface area contributed by atoms with E-state index >= 15 is 0 Å². The summed E-state index contributed by atoms with van der Waals surface area (Å²) in [6.45, 7) is 10.4. The van der Waals surface area contributed by atoms with Crippen LogP contribution in [0.5, 0.6) is 0 Å². The normalized spacial score (nSPS) is 11.8. The summed E-state index contributed by atoms with van der Waals surface area (Å²) >= 11 is 0. The van der Waals surface area contributed by atoms with Crippen LogP contribution in [-0.2, 0) is 33.8 Å². The summed E-state index contributed by atoms with van der Waals surface area (Å²) in [6.07, 6.45) is 1.63. The molecule has 0 amide bonds. The molecule has 2 rings (SSSR count). The first kappa shape index (κ1) is 20.6. The maximum Gasteiger partial charge on any atom is 0.179 e. The van der Waals surface area contributed by atoms with Gasteiger partial charge < -0.3 is 0 Å². The minimum atomic E-state index is -0.658. The van der Waals surface area contributed by atoms with Crippen molar-refractivity contribution in [2.75, 3.05) is 6.61 Å². The number of aromatic nitrogens is 3. The van der Waals surface area contributed by atoms with E-state index in [0.717, 1.165) is 16.7 Å². The predicted octanol–water partition coefficient (Wildman–Crippen LogP) is 3.40. The van der Waals surface area contributed by atoms with Crippen LogP contribution in [0.2, 0.25) is 0 Å². The molecule has 7 heteroatoms. The quantitative estimate of drug-likeness (QED) is 0.403. The highest BCUT2D eigenvalue weighted by Crippen LogP contribution is 2.30. The highest BCUT2D eigenvalue weighted by molar-refractivity contribution is 5.42. The Balaban J connectivity index is 2.33. The molecule has 0 atom stereocenters. The highest BCUT2D eigenvalue weighted by Gasteiger charge is 2.26. The van der Waals surface area contributed by atoms with Gasteiger partial charge in [-0.15, -0.1) is 0 Å². The molecule has 1 heterocycles. The van der Waals surface area contributed by atoms with E-state index < -0.39 is 10.8 Å². The second kappa shape index (κ2) is 8.30. The second-order valence-corrected chi connectivity index (χ2v) is 7.42. The van der Waals surface area contributed by atoms with E-state index in [2.05, 4.69) is 22.2 Å². The van der Waals surface area contributed by atoms with Crippen molar-refractivity contribution in [2.24, 2.45) is 0 Å². The van der Waals surface area contributed by atoms with Crippen molar-refractivity contribution in [1.82, 2.24) is 14.8 Å². The minimum absolute atomic E-state index is 0.176. The molecule has 2 aromatic rings. The molecule has 0 spiro atoms. The number of nitrogens with zero attached hydrogens (tertiary/aromatic N) is 5. The summed E-state index contributed by atoms with van der Waals surface area (Å²) in [4.78, 5) is 14.0. The Hall–Kier alpha value is -2.74. The molecule has 1 aromatic heterocycles. The Morgan fingerprint density at radius 3 is 2.11 bits per heavy atom. The van der Waals surface area contributed by atoms with Crippen molar-refractivity contribution < 1.29 is 9.78 Å². The zero-order valence-corrected chi connectivity index (χ0v) is 16.5. The predicted molar refractivity (Wildman–Crippen MR) is 99.3 cm³/mol. The van der Waals surface area contributed by atoms with Gasteiger partial charge in [0.25, 0.3) is 0 Å². The average Bonchev–Trinajstić information content (AvgIpc) is 3.08. The summed E-state index contributed by atoms with van der Waals surface area (Å²) in [5.74, 6) is 0.523. The Morgan fingerprint density at radius 1 is 1.00 bits per heavy atom. The van der Waals surface area contributed by atoms with Crippen LogP contribution in [-0.4, -0.2) is 21.4 Å². The maximum atomic E-state index is 9.52. The Bertz CT molecular complexity index is 827. The molecule has 0 aliphatic heterocycles. The van der Waals surface area contributed by atoms with E-state index in [1.165, 1.54) is 0 Å². The number of rotatable bonds is 8. The van der Waals surface area contributed by atoms with Crippen LogP contribution < -0.4 is 0 Å². The molecule has 7 nitrogen and oxygen atoms in total. The number of nitriles is 2. The van der Waals surface area contributed by atoms with Gasteiger partial charge in [-0.2, -0.15) is 15.6 Å². The molecule has 0 fully saturated rings. The topological polar surface area (TPSA) is 96.8 Å². The van der Waals surface area contributed by atoms with Crippen molar-refractivity contribution in [2.45, 2.75) is 58.6 Å². The zero-order valence-electron chi connectivity index (χ0n) is 16.5. The lowest BCUT2D eigenvalue weighted by Crippen LogP contribution is -2.20. The summed E-state index contributed by atoms with van der Waals surface area (Å²) in [6, 6.07) is 10.6. The van der Waals surface area contributed by atoms with Crippen molar-refractivity contribution in [1.29, 1.82) is 10.5 Å². The molecule has 0 unspecified atom stereocenters. The van der Waals surface area contributed by atoms with Crippen molar-refractivity contribution in [3.63, 3.8) is 0 Å². The highest BCUT2D eigenvalue weighted by atomic mass is 17.2. The molecule has 0 saturated heterocycles. The van der Waals surface area contributed by atoms with Crippen LogP contribution in [0.1, 0.15) is 57.1 Å². The third kappa shape index (κ3) is 5.13. The van der Waals surface area contributed by atoms with Crippen LogP contribution in [0, 0.1) is 22.7 Å². The SMILES string of the molecule is CCOOCc1ncn(Cc2cc(C(C)(C)C#N)cc(C(C)(C)C#N)c2)n1. The lowest BCUT2D eigenvalue weighted by molar-refractivity contribution is -0.301. The molecule has 1 aromatic carbocycles. The largest absolute Gasteiger partial charge is 0.248 e. The van der Waals surface area contributed by atoms with Crippen LogP contribution in [0.4, 0.5) is 0 Å². The molecule has 0 bridgehead atoms. The average molecular weight is 367 g/mol.